The van der Waals surface area contributed by atoms with Crippen LogP contribution in [0.25, 0.3) is 11.1 Å². The number of hydrogen-bond donors (Lipinski definition) is 0. The molecule has 0 heterocycles. The van der Waals surface area contributed by atoms with E-state index in [9.17, 15) is 4.57 Å². The summed E-state index contributed by atoms with van der Waals surface area (Å²) in [7, 11) is -1.66. The van der Waals surface area contributed by atoms with Crippen molar-refractivity contribution >= 4 is 7.14 Å². The molecule has 3 heteroatoms. The van der Waals surface area contributed by atoms with Gasteiger partial charge in [0.1, 0.15) is 0 Å². The molecule has 2 rings (SSSR count). The summed E-state index contributed by atoms with van der Waals surface area (Å²) in [6, 6.07) is 22.1. The SMILES string of the molecule is CCP(=O)(CC)CC.[Y].[c-]1ccccc1-c1[c-]cccc1. The molecule has 1 radical (unpaired) electrons. The number of rotatable bonds is 4. The largest absolute Gasteiger partial charge is 0.324 e. The normalized spacial score (nSPS) is 10.0. The minimum Gasteiger partial charge on any atom is -0.324 e. The van der Waals surface area contributed by atoms with Crippen molar-refractivity contribution in [3.8, 4) is 11.1 Å². The molecule has 1 nitrogen and oxygen atoms in total. The molecular formula is C18H23OPY-2. The van der Waals surface area contributed by atoms with Gasteiger partial charge < -0.3 is 4.57 Å². The Kier molecular flexibility index (Phi) is 11.2. The van der Waals surface area contributed by atoms with Crippen LogP contribution in [0.2, 0.25) is 0 Å². The van der Waals surface area contributed by atoms with Gasteiger partial charge in [-0.05, 0) is 18.5 Å². The Labute approximate surface area is 154 Å². The molecule has 0 aliphatic heterocycles. The van der Waals surface area contributed by atoms with Gasteiger partial charge in [-0.1, -0.05) is 20.8 Å². The van der Waals surface area contributed by atoms with E-state index in [4.69, 9.17) is 0 Å². The van der Waals surface area contributed by atoms with Crippen LogP contribution in [0.4, 0.5) is 0 Å². The molecule has 2 aromatic carbocycles. The summed E-state index contributed by atoms with van der Waals surface area (Å²) in [5.74, 6) is 0. The van der Waals surface area contributed by atoms with Crippen LogP contribution in [0, 0.1) is 12.1 Å². The molecule has 0 saturated heterocycles. The molecule has 0 spiro atoms. The second kappa shape index (κ2) is 11.4. The summed E-state index contributed by atoms with van der Waals surface area (Å²) in [5.41, 5.74) is 2.19. The molecule has 0 aromatic heterocycles. The van der Waals surface area contributed by atoms with Crippen molar-refractivity contribution in [1.82, 2.24) is 0 Å². The average molecular weight is 375 g/mol. The molecule has 2 aromatic rings. The van der Waals surface area contributed by atoms with Gasteiger partial charge in [0.05, 0.1) is 7.14 Å². The molecule has 0 aliphatic rings. The van der Waals surface area contributed by atoms with Gasteiger partial charge in [-0.2, -0.15) is 48.5 Å². The molecule has 0 saturated carbocycles. The fraction of sp³-hybridized carbons (Fsp3) is 0.333. The van der Waals surface area contributed by atoms with Crippen molar-refractivity contribution in [2.45, 2.75) is 20.8 Å². The molecule has 0 unspecified atom stereocenters. The molecule has 0 aliphatic carbocycles. The van der Waals surface area contributed by atoms with E-state index in [0.29, 0.717) is 0 Å². The predicted molar refractivity (Wildman–Crippen MR) is 88.8 cm³/mol. The van der Waals surface area contributed by atoms with Crippen molar-refractivity contribution in [2.24, 2.45) is 0 Å². The number of hydrogen-bond acceptors (Lipinski definition) is 1. The van der Waals surface area contributed by atoms with Gasteiger partial charge >= 0.3 is 0 Å². The Hall–Kier alpha value is -0.226. The zero-order valence-electron chi connectivity index (χ0n) is 13.2. The smallest absolute Gasteiger partial charge is 0.0869 e. The van der Waals surface area contributed by atoms with Gasteiger partial charge in [-0.25, -0.2) is 11.1 Å². The van der Waals surface area contributed by atoms with Gasteiger partial charge in [0.2, 0.25) is 0 Å². The molecule has 0 fully saturated rings. The molecule has 111 valence electrons. The Morgan fingerprint density at radius 1 is 0.810 bits per heavy atom. The van der Waals surface area contributed by atoms with E-state index in [1.165, 1.54) is 0 Å². The van der Waals surface area contributed by atoms with Gasteiger partial charge in [0.15, 0.2) is 0 Å². The maximum absolute atomic E-state index is 11.3. The van der Waals surface area contributed by atoms with Crippen LogP contribution in [0.5, 0.6) is 0 Å². The Morgan fingerprint density at radius 2 is 1.19 bits per heavy atom. The Balaban J connectivity index is 0.000000397. The van der Waals surface area contributed by atoms with Crippen LogP contribution in [0.3, 0.4) is 0 Å². The second-order valence-corrected chi connectivity index (χ2v) is 8.57. The van der Waals surface area contributed by atoms with Gasteiger partial charge in [-0.15, -0.1) is 12.1 Å². The van der Waals surface area contributed by atoms with Crippen molar-refractivity contribution in [3.63, 3.8) is 0 Å². The predicted octanol–water partition coefficient (Wildman–Crippen LogP) is 5.36. The summed E-state index contributed by atoms with van der Waals surface area (Å²) < 4.78 is 11.3. The van der Waals surface area contributed by atoms with Gasteiger partial charge in [-0.3, -0.25) is 0 Å². The zero-order valence-corrected chi connectivity index (χ0v) is 16.9. The third kappa shape index (κ3) is 7.55. The summed E-state index contributed by atoms with van der Waals surface area (Å²) in [4.78, 5) is 0. The van der Waals surface area contributed by atoms with Crippen molar-refractivity contribution in [1.29, 1.82) is 0 Å². The maximum Gasteiger partial charge on any atom is 0.0869 e. The van der Waals surface area contributed by atoms with Crippen molar-refractivity contribution in [3.05, 3.63) is 60.7 Å². The van der Waals surface area contributed by atoms with E-state index < -0.39 is 7.14 Å². The van der Waals surface area contributed by atoms with Crippen LogP contribution in [0.1, 0.15) is 20.8 Å². The fourth-order valence-electron chi connectivity index (χ4n) is 1.79. The molecule has 0 amide bonds. The van der Waals surface area contributed by atoms with E-state index in [2.05, 4.69) is 12.1 Å². The van der Waals surface area contributed by atoms with Crippen molar-refractivity contribution in [2.75, 3.05) is 18.5 Å². The minimum atomic E-state index is -1.66. The van der Waals surface area contributed by atoms with Crippen molar-refractivity contribution < 1.29 is 37.3 Å². The van der Waals surface area contributed by atoms with Crippen LogP contribution >= 0.6 is 7.14 Å². The van der Waals surface area contributed by atoms with E-state index >= 15 is 0 Å². The Bertz CT molecular complexity index is 469. The summed E-state index contributed by atoms with van der Waals surface area (Å²) >= 11 is 0. The first kappa shape index (κ1) is 20.8. The van der Waals surface area contributed by atoms with Crippen LogP contribution in [-0.4, -0.2) is 18.5 Å². The van der Waals surface area contributed by atoms with Gasteiger partial charge in [0, 0.05) is 32.7 Å². The van der Waals surface area contributed by atoms with E-state index in [0.717, 1.165) is 29.6 Å². The molecule has 0 N–H and O–H groups in total. The van der Waals surface area contributed by atoms with Crippen LogP contribution in [0.15, 0.2) is 48.5 Å². The summed E-state index contributed by atoms with van der Waals surface area (Å²) in [5, 5.41) is 0. The quantitative estimate of drug-likeness (QED) is 0.519. The fourth-order valence-corrected chi connectivity index (χ4v) is 3.13. The van der Waals surface area contributed by atoms with E-state index in [1.807, 2.05) is 69.3 Å². The average Bonchev–Trinajstić information content (AvgIpc) is 2.56. The first-order chi connectivity index (χ1) is 9.65. The monoisotopic (exact) mass is 375 g/mol. The topological polar surface area (TPSA) is 17.1 Å². The first-order valence-electron chi connectivity index (χ1n) is 7.16. The number of benzene rings is 2. The molecular weight excluding hydrogens is 352 g/mol. The molecule has 21 heavy (non-hydrogen) atoms. The summed E-state index contributed by atoms with van der Waals surface area (Å²) in [6.07, 6.45) is 2.62. The standard InChI is InChI=1S/C12H8.C6H15OP.Y/c1-3-7-11(8-4-1)12-9-5-2-6-10-12;1-4-8(7,5-2)6-3;/h1-7,9H;4-6H2,1-3H3;/q-2;;. The second-order valence-electron chi connectivity index (χ2n) is 4.56. The first-order valence-corrected chi connectivity index (χ1v) is 9.42. The maximum atomic E-state index is 11.3. The van der Waals surface area contributed by atoms with Crippen LogP contribution in [-0.2, 0) is 37.3 Å². The zero-order chi connectivity index (χ0) is 14.8. The molecule has 0 bridgehead atoms. The van der Waals surface area contributed by atoms with Gasteiger partial charge in [0.25, 0.3) is 0 Å². The van der Waals surface area contributed by atoms with Crippen LogP contribution < -0.4 is 0 Å². The minimum absolute atomic E-state index is 0. The summed E-state index contributed by atoms with van der Waals surface area (Å²) in [6.45, 7) is 6.02. The Morgan fingerprint density at radius 3 is 1.38 bits per heavy atom. The third-order valence-electron chi connectivity index (χ3n) is 3.44. The van der Waals surface area contributed by atoms with E-state index in [-0.39, 0.29) is 32.7 Å². The third-order valence-corrected chi connectivity index (χ3v) is 6.90. The molecule has 0 atom stereocenters. The van der Waals surface area contributed by atoms with E-state index in [1.54, 1.807) is 0 Å².